The molecule has 0 radical (unpaired) electrons. The van der Waals surface area contributed by atoms with E-state index in [0.717, 1.165) is 30.8 Å². The van der Waals surface area contributed by atoms with E-state index in [1.807, 2.05) is 12.1 Å². The molecule has 9 heteroatoms. The van der Waals surface area contributed by atoms with E-state index in [1.54, 1.807) is 31.2 Å². The van der Waals surface area contributed by atoms with E-state index >= 15 is 0 Å². The lowest BCUT2D eigenvalue weighted by molar-refractivity contribution is -0.185. The maximum atomic E-state index is 14.9. The van der Waals surface area contributed by atoms with Crippen LogP contribution in [0.4, 0.5) is 17.6 Å². The molecule has 0 saturated carbocycles. The van der Waals surface area contributed by atoms with Gasteiger partial charge in [0.15, 0.2) is 0 Å². The third-order valence-electron chi connectivity index (χ3n) is 9.17. The van der Waals surface area contributed by atoms with Crippen LogP contribution in [-0.4, -0.2) is 83.7 Å². The molecule has 1 N–H and O–H groups in total. The number of phenolic OH excluding ortho intramolecular Hbond substituents is 1. The van der Waals surface area contributed by atoms with Crippen LogP contribution in [0.25, 0.3) is 0 Å². The van der Waals surface area contributed by atoms with Gasteiger partial charge in [-0.3, -0.25) is 9.69 Å². The summed E-state index contributed by atoms with van der Waals surface area (Å²) in [5.74, 6) is -2.67. The summed E-state index contributed by atoms with van der Waals surface area (Å²) in [5.41, 5.74) is 1.64. The molecule has 1 amide bonds. The van der Waals surface area contributed by atoms with Gasteiger partial charge in [0.05, 0.1) is 5.92 Å². The predicted molar refractivity (Wildman–Crippen MR) is 141 cm³/mol. The first-order valence-electron chi connectivity index (χ1n) is 13.9. The van der Waals surface area contributed by atoms with Gasteiger partial charge < -0.3 is 14.9 Å². The largest absolute Gasteiger partial charge is 0.508 e. The highest BCUT2D eigenvalue weighted by molar-refractivity contribution is 5.81. The summed E-state index contributed by atoms with van der Waals surface area (Å²) in [7, 11) is 2.07. The Morgan fingerprint density at radius 3 is 2.33 bits per heavy atom. The fraction of sp³-hybridized carbons (Fsp3) is 0.567. The third kappa shape index (κ3) is 5.53. The second-order valence-corrected chi connectivity index (χ2v) is 11.5. The molecule has 0 bridgehead atoms. The number of hydrogen-bond donors (Lipinski definition) is 1. The van der Waals surface area contributed by atoms with Crippen molar-refractivity contribution in [3.8, 4) is 5.75 Å². The van der Waals surface area contributed by atoms with Crippen molar-refractivity contribution < 1.29 is 27.5 Å². The molecule has 4 atom stereocenters. The normalized spacial score (nSPS) is 27.7. The first kappa shape index (κ1) is 27.9. The average molecular weight is 548 g/mol. The molecule has 2 aromatic carbocycles. The zero-order valence-corrected chi connectivity index (χ0v) is 22.5. The Hall–Kier alpha value is -2.65. The number of aromatic hydroxyl groups is 1. The third-order valence-corrected chi connectivity index (χ3v) is 9.17. The van der Waals surface area contributed by atoms with Gasteiger partial charge in [-0.2, -0.15) is 13.2 Å². The summed E-state index contributed by atoms with van der Waals surface area (Å²) in [6.07, 6.45) is -2.52. The first-order valence-corrected chi connectivity index (χ1v) is 13.9. The molecule has 3 aliphatic rings. The molecule has 5 nitrogen and oxygen atoms in total. The Bertz CT molecular complexity index is 1180. The van der Waals surface area contributed by atoms with E-state index in [4.69, 9.17) is 0 Å². The lowest BCUT2D eigenvalue weighted by Gasteiger charge is -2.49. The number of alkyl halides is 3. The van der Waals surface area contributed by atoms with E-state index in [2.05, 4.69) is 16.8 Å². The van der Waals surface area contributed by atoms with Crippen LogP contribution >= 0.6 is 0 Å². The van der Waals surface area contributed by atoms with E-state index in [9.17, 15) is 27.5 Å². The number of phenols is 1. The quantitative estimate of drug-likeness (QED) is 0.529. The molecule has 3 aliphatic heterocycles. The van der Waals surface area contributed by atoms with E-state index in [0.29, 0.717) is 36.2 Å². The number of benzene rings is 2. The topological polar surface area (TPSA) is 47.0 Å². The lowest BCUT2D eigenvalue weighted by Crippen LogP contribution is -2.56. The van der Waals surface area contributed by atoms with Gasteiger partial charge in [0, 0.05) is 37.5 Å². The highest BCUT2D eigenvalue weighted by Crippen LogP contribution is 2.49. The number of para-hydroxylation sites is 1. The fourth-order valence-electron chi connectivity index (χ4n) is 7.07. The number of likely N-dealkylation sites (tertiary alicyclic amines) is 3. The van der Waals surface area contributed by atoms with E-state index < -0.39 is 41.7 Å². The Morgan fingerprint density at radius 2 is 1.64 bits per heavy atom. The Morgan fingerprint density at radius 1 is 0.949 bits per heavy atom. The van der Waals surface area contributed by atoms with Crippen LogP contribution in [-0.2, 0) is 4.79 Å². The molecule has 3 heterocycles. The maximum absolute atomic E-state index is 14.9. The Labute approximate surface area is 227 Å². The van der Waals surface area contributed by atoms with Gasteiger partial charge in [0.1, 0.15) is 17.6 Å². The van der Waals surface area contributed by atoms with Gasteiger partial charge in [-0.05, 0) is 81.6 Å². The summed E-state index contributed by atoms with van der Waals surface area (Å²) < 4.78 is 56.8. The number of carbonyl (C=O) groups is 1. The molecule has 3 fully saturated rings. The highest BCUT2D eigenvalue weighted by Gasteiger charge is 2.52. The standard InChI is InChI=1S/C30H37F4N3O2/c1-19-21(8-5-9-25(19)31)28-23(22-7-3-4-10-26(22)38)17-36(20-12-15-35(2)16-13-20)18-24(28)29(39)37-14-6-11-27(37)30(32,33)34/h3-5,7-10,20,23-24,27-28,38H,6,11-18H2,1-2H3/t23-,24+,27+,28-/m1/s1. The van der Waals surface area contributed by atoms with Crippen molar-refractivity contribution in [2.45, 2.75) is 62.7 Å². The van der Waals surface area contributed by atoms with Crippen LogP contribution in [0, 0.1) is 18.7 Å². The van der Waals surface area contributed by atoms with Crippen molar-refractivity contribution in [2.24, 2.45) is 5.92 Å². The van der Waals surface area contributed by atoms with Gasteiger partial charge in [-0.15, -0.1) is 0 Å². The predicted octanol–water partition coefficient (Wildman–Crippen LogP) is 5.29. The summed E-state index contributed by atoms with van der Waals surface area (Å²) in [6, 6.07) is 10.1. The van der Waals surface area contributed by atoms with E-state index in [1.165, 1.54) is 6.07 Å². The van der Waals surface area contributed by atoms with Crippen LogP contribution < -0.4 is 0 Å². The van der Waals surface area contributed by atoms with Crippen molar-refractivity contribution in [2.75, 3.05) is 39.8 Å². The minimum Gasteiger partial charge on any atom is -0.508 e. The first-order chi connectivity index (χ1) is 18.6. The number of hydrogen-bond acceptors (Lipinski definition) is 4. The molecule has 0 aliphatic carbocycles. The van der Waals surface area contributed by atoms with Crippen molar-refractivity contribution in [1.82, 2.24) is 14.7 Å². The van der Waals surface area contributed by atoms with Crippen molar-refractivity contribution >= 4 is 5.91 Å². The molecular formula is C30H37F4N3O2. The minimum absolute atomic E-state index is 0.0594. The molecular weight excluding hydrogens is 510 g/mol. The minimum atomic E-state index is -4.50. The molecule has 0 aromatic heterocycles. The van der Waals surface area contributed by atoms with Crippen LogP contribution in [0.2, 0.25) is 0 Å². The zero-order valence-electron chi connectivity index (χ0n) is 22.5. The Kier molecular flexibility index (Phi) is 7.93. The second-order valence-electron chi connectivity index (χ2n) is 11.5. The van der Waals surface area contributed by atoms with Crippen LogP contribution in [0.15, 0.2) is 42.5 Å². The second kappa shape index (κ2) is 11.1. The van der Waals surface area contributed by atoms with Gasteiger partial charge >= 0.3 is 6.18 Å². The molecule has 3 saturated heterocycles. The van der Waals surface area contributed by atoms with Crippen molar-refractivity contribution in [1.29, 1.82) is 0 Å². The van der Waals surface area contributed by atoms with Crippen LogP contribution in [0.3, 0.4) is 0 Å². The number of carbonyl (C=O) groups excluding carboxylic acids is 1. The number of rotatable bonds is 4. The molecule has 5 rings (SSSR count). The summed E-state index contributed by atoms with van der Waals surface area (Å²) >= 11 is 0. The van der Waals surface area contributed by atoms with E-state index in [-0.39, 0.29) is 24.8 Å². The van der Waals surface area contributed by atoms with Gasteiger partial charge in [-0.25, -0.2) is 4.39 Å². The maximum Gasteiger partial charge on any atom is 0.408 e. The average Bonchev–Trinajstić information content (AvgIpc) is 3.41. The number of piperidine rings is 2. The smallest absolute Gasteiger partial charge is 0.408 e. The molecule has 39 heavy (non-hydrogen) atoms. The summed E-state index contributed by atoms with van der Waals surface area (Å²) in [5, 5.41) is 10.9. The van der Waals surface area contributed by atoms with Crippen LogP contribution in [0.5, 0.6) is 5.75 Å². The van der Waals surface area contributed by atoms with Crippen LogP contribution in [0.1, 0.15) is 54.2 Å². The summed E-state index contributed by atoms with van der Waals surface area (Å²) in [4.78, 5) is 19.7. The van der Waals surface area contributed by atoms with Gasteiger partial charge in [-0.1, -0.05) is 30.3 Å². The van der Waals surface area contributed by atoms with Crippen molar-refractivity contribution in [3.63, 3.8) is 0 Å². The number of halogens is 4. The lowest BCUT2D eigenvalue weighted by atomic mass is 9.68. The molecule has 0 unspecified atom stereocenters. The number of nitrogens with zero attached hydrogens (tertiary/aromatic N) is 3. The molecule has 2 aromatic rings. The monoisotopic (exact) mass is 547 g/mol. The van der Waals surface area contributed by atoms with Gasteiger partial charge in [0.2, 0.25) is 5.91 Å². The SMILES string of the molecule is Cc1c(F)cccc1[C@H]1[C@@H](C(=O)N2CCC[C@H]2C(F)(F)F)CN(C2CCN(C)CC2)C[C@@H]1c1ccccc1O. The molecule has 0 spiro atoms. The van der Waals surface area contributed by atoms with Gasteiger partial charge in [0.25, 0.3) is 0 Å². The Balaban J connectivity index is 1.62. The number of amides is 1. The summed E-state index contributed by atoms with van der Waals surface area (Å²) in [6.45, 7) is 4.35. The highest BCUT2D eigenvalue weighted by atomic mass is 19.4. The molecule has 212 valence electrons. The fourth-order valence-corrected chi connectivity index (χ4v) is 7.07. The zero-order chi connectivity index (χ0) is 27.9. The van der Waals surface area contributed by atoms with Crippen molar-refractivity contribution in [3.05, 3.63) is 65.0 Å².